The second-order valence-corrected chi connectivity index (χ2v) is 7.28. The van der Waals surface area contributed by atoms with Gasteiger partial charge in [-0.25, -0.2) is 0 Å². The molecule has 1 aliphatic heterocycles. The Kier molecular flexibility index (Phi) is 12.9. The lowest BCUT2D eigenvalue weighted by Gasteiger charge is -2.36. The molecule has 1 aromatic rings. The summed E-state index contributed by atoms with van der Waals surface area (Å²) < 4.78 is 0. The smallest absolute Gasteiger partial charge is 0.191 e. The minimum absolute atomic E-state index is 0. The summed E-state index contributed by atoms with van der Waals surface area (Å²) in [6.45, 7) is 7.75. The maximum absolute atomic E-state index is 4.25. The van der Waals surface area contributed by atoms with Crippen molar-refractivity contribution in [1.29, 1.82) is 0 Å². The number of piperazine rings is 1. The number of halogens is 1. The van der Waals surface area contributed by atoms with E-state index in [0.29, 0.717) is 0 Å². The van der Waals surface area contributed by atoms with Crippen LogP contribution in [0.5, 0.6) is 0 Å². The number of thioether (sulfide) groups is 1. The number of guanidine groups is 1. The van der Waals surface area contributed by atoms with E-state index in [4.69, 9.17) is 0 Å². The van der Waals surface area contributed by atoms with Crippen LogP contribution < -0.4 is 15.5 Å². The predicted octanol–water partition coefficient (Wildman–Crippen LogP) is 2.73. The van der Waals surface area contributed by atoms with Gasteiger partial charge in [0.15, 0.2) is 5.96 Å². The lowest BCUT2D eigenvalue weighted by Crippen LogP contribution is -2.46. The van der Waals surface area contributed by atoms with Crippen LogP contribution in [0.15, 0.2) is 35.3 Å². The molecule has 0 amide bonds. The molecular formula is C19H34IN5S. The van der Waals surface area contributed by atoms with Gasteiger partial charge in [0.2, 0.25) is 0 Å². The SMILES string of the molecule is CN=C(NCCCCN1CCN(c2ccccc2)CC1)NCCSC.I. The number of para-hydroxylation sites is 1. The van der Waals surface area contributed by atoms with E-state index in [1.165, 1.54) is 38.2 Å². The summed E-state index contributed by atoms with van der Waals surface area (Å²) in [5.74, 6) is 2.03. The molecule has 1 heterocycles. The molecule has 0 radical (unpaired) electrons. The number of benzene rings is 1. The van der Waals surface area contributed by atoms with Crippen molar-refractivity contribution in [2.24, 2.45) is 4.99 Å². The van der Waals surface area contributed by atoms with E-state index in [1.807, 2.05) is 18.8 Å². The molecule has 0 saturated carbocycles. The minimum atomic E-state index is 0. The second kappa shape index (κ2) is 14.4. The van der Waals surface area contributed by atoms with Gasteiger partial charge in [-0.1, -0.05) is 18.2 Å². The van der Waals surface area contributed by atoms with Crippen LogP contribution in [0, 0.1) is 0 Å². The van der Waals surface area contributed by atoms with E-state index in [2.05, 4.69) is 62.0 Å². The fraction of sp³-hybridized carbons (Fsp3) is 0.632. The van der Waals surface area contributed by atoms with Crippen LogP contribution >= 0.6 is 35.7 Å². The largest absolute Gasteiger partial charge is 0.369 e. The van der Waals surface area contributed by atoms with Crippen LogP contribution in [0.1, 0.15) is 12.8 Å². The maximum atomic E-state index is 4.25. The van der Waals surface area contributed by atoms with Crippen molar-refractivity contribution < 1.29 is 0 Å². The Bertz CT molecular complexity index is 492. The third kappa shape index (κ3) is 8.81. The van der Waals surface area contributed by atoms with Gasteiger partial charge in [-0.15, -0.1) is 24.0 Å². The van der Waals surface area contributed by atoms with Gasteiger partial charge in [0, 0.05) is 57.8 Å². The van der Waals surface area contributed by atoms with Crippen LogP contribution in [0.25, 0.3) is 0 Å². The first-order chi connectivity index (χ1) is 12.3. The van der Waals surface area contributed by atoms with Crippen LogP contribution in [-0.4, -0.2) is 75.7 Å². The van der Waals surface area contributed by atoms with E-state index in [0.717, 1.165) is 37.9 Å². The van der Waals surface area contributed by atoms with Crippen LogP contribution in [0.2, 0.25) is 0 Å². The molecule has 5 nitrogen and oxygen atoms in total. The van der Waals surface area contributed by atoms with Crippen LogP contribution in [0.3, 0.4) is 0 Å². The predicted molar refractivity (Wildman–Crippen MR) is 127 cm³/mol. The summed E-state index contributed by atoms with van der Waals surface area (Å²) in [7, 11) is 1.83. The first-order valence-electron chi connectivity index (χ1n) is 9.29. The van der Waals surface area contributed by atoms with Crippen LogP contribution in [-0.2, 0) is 0 Å². The summed E-state index contributed by atoms with van der Waals surface area (Å²) >= 11 is 1.85. The molecule has 0 atom stereocenters. The summed E-state index contributed by atoms with van der Waals surface area (Å²) in [5, 5.41) is 6.73. The number of unbranched alkanes of at least 4 members (excludes halogenated alkanes) is 1. The molecule has 1 fully saturated rings. The quantitative estimate of drug-likeness (QED) is 0.241. The van der Waals surface area contributed by atoms with Gasteiger partial charge in [-0.3, -0.25) is 9.89 Å². The number of nitrogens with zero attached hydrogens (tertiary/aromatic N) is 3. The number of nitrogens with one attached hydrogen (secondary N) is 2. The molecule has 26 heavy (non-hydrogen) atoms. The fourth-order valence-electron chi connectivity index (χ4n) is 3.03. The molecule has 2 rings (SSSR count). The standard InChI is InChI=1S/C19H33N5S.HI/c1-20-19(22-11-17-25-2)21-10-6-7-12-23-13-15-24(16-14-23)18-8-4-3-5-9-18;/h3-5,8-9H,6-7,10-17H2,1-2H3,(H2,20,21,22);1H. The van der Waals surface area contributed by atoms with Gasteiger partial charge in [-0.05, 0) is 37.8 Å². The van der Waals surface area contributed by atoms with E-state index < -0.39 is 0 Å². The Morgan fingerprint density at radius 3 is 2.38 bits per heavy atom. The molecule has 1 aliphatic rings. The first kappa shape index (κ1) is 23.4. The summed E-state index contributed by atoms with van der Waals surface area (Å²) in [6.07, 6.45) is 4.54. The molecule has 0 aromatic heterocycles. The highest BCUT2D eigenvalue weighted by molar-refractivity contribution is 14.0. The third-order valence-electron chi connectivity index (χ3n) is 4.51. The lowest BCUT2D eigenvalue weighted by atomic mass is 10.2. The Balaban J connectivity index is 0.00000338. The number of anilines is 1. The number of rotatable bonds is 9. The van der Waals surface area contributed by atoms with E-state index in [1.54, 1.807) is 0 Å². The van der Waals surface area contributed by atoms with Gasteiger partial charge in [0.05, 0.1) is 0 Å². The normalized spacial score (nSPS) is 15.5. The molecule has 1 aromatic carbocycles. The lowest BCUT2D eigenvalue weighted by molar-refractivity contribution is 0.253. The Hall–Kier alpha value is -0.670. The topological polar surface area (TPSA) is 42.9 Å². The highest BCUT2D eigenvalue weighted by atomic mass is 127. The highest BCUT2D eigenvalue weighted by Crippen LogP contribution is 2.15. The van der Waals surface area contributed by atoms with Crippen molar-refractivity contribution in [2.45, 2.75) is 12.8 Å². The van der Waals surface area contributed by atoms with Gasteiger partial charge in [-0.2, -0.15) is 11.8 Å². The van der Waals surface area contributed by atoms with Crippen molar-refractivity contribution in [3.8, 4) is 0 Å². The number of aliphatic imine (C=N–C) groups is 1. The highest BCUT2D eigenvalue weighted by Gasteiger charge is 2.16. The van der Waals surface area contributed by atoms with Crippen molar-refractivity contribution in [2.75, 3.05) is 69.8 Å². The van der Waals surface area contributed by atoms with Gasteiger partial charge in [0.1, 0.15) is 0 Å². The van der Waals surface area contributed by atoms with Crippen molar-refractivity contribution in [3.63, 3.8) is 0 Å². The van der Waals surface area contributed by atoms with Crippen LogP contribution in [0.4, 0.5) is 5.69 Å². The fourth-order valence-corrected chi connectivity index (χ4v) is 3.33. The average Bonchev–Trinajstić information content (AvgIpc) is 2.67. The van der Waals surface area contributed by atoms with Gasteiger partial charge >= 0.3 is 0 Å². The summed E-state index contributed by atoms with van der Waals surface area (Å²) in [5.41, 5.74) is 1.35. The Labute approximate surface area is 180 Å². The maximum Gasteiger partial charge on any atom is 0.191 e. The Morgan fingerprint density at radius 2 is 1.73 bits per heavy atom. The van der Waals surface area contributed by atoms with Crippen molar-refractivity contribution >= 4 is 47.4 Å². The zero-order valence-corrected chi connectivity index (χ0v) is 19.3. The third-order valence-corrected chi connectivity index (χ3v) is 5.12. The summed E-state index contributed by atoms with van der Waals surface area (Å²) in [6, 6.07) is 10.8. The molecule has 0 spiro atoms. The molecule has 2 N–H and O–H groups in total. The Morgan fingerprint density at radius 1 is 1.04 bits per heavy atom. The van der Waals surface area contributed by atoms with E-state index in [9.17, 15) is 0 Å². The van der Waals surface area contributed by atoms with E-state index >= 15 is 0 Å². The monoisotopic (exact) mass is 491 g/mol. The molecular weight excluding hydrogens is 457 g/mol. The molecule has 1 saturated heterocycles. The van der Waals surface area contributed by atoms with E-state index in [-0.39, 0.29) is 24.0 Å². The minimum Gasteiger partial charge on any atom is -0.369 e. The molecule has 0 unspecified atom stereocenters. The molecule has 148 valence electrons. The van der Waals surface area contributed by atoms with Crippen molar-refractivity contribution in [3.05, 3.63) is 30.3 Å². The molecule has 0 aliphatic carbocycles. The van der Waals surface area contributed by atoms with Gasteiger partial charge < -0.3 is 15.5 Å². The number of hydrogen-bond acceptors (Lipinski definition) is 4. The average molecular weight is 491 g/mol. The van der Waals surface area contributed by atoms with Gasteiger partial charge in [0.25, 0.3) is 0 Å². The molecule has 7 heteroatoms. The van der Waals surface area contributed by atoms with Crippen molar-refractivity contribution in [1.82, 2.24) is 15.5 Å². The molecule has 0 bridgehead atoms. The summed E-state index contributed by atoms with van der Waals surface area (Å²) in [4.78, 5) is 9.33. The second-order valence-electron chi connectivity index (χ2n) is 6.29. The zero-order valence-electron chi connectivity index (χ0n) is 16.1. The number of hydrogen-bond donors (Lipinski definition) is 2. The zero-order chi connectivity index (χ0) is 17.7. The first-order valence-corrected chi connectivity index (χ1v) is 10.7.